The van der Waals surface area contributed by atoms with E-state index in [0.717, 1.165) is 11.3 Å². The zero-order valence-electron chi connectivity index (χ0n) is 16.3. The maximum Gasteiger partial charge on any atom is 0.325 e. The lowest BCUT2D eigenvalue weighted by atomic mass is 9.64. The van der Waals surface area contributed by atoms with Crippen LogP contribution in [0.2, 0.25) is 0 Å². The van der Waals surface area contributed by atoms with Crippen molar-refractivity contribution < 1.29 is 18.8 Å². The molecular formula is C20H25BrFN3O3. The second-order valence-electron chi connectivity index (χ2n) is 8.77. The third-order valence-corrected chi connectivity index (χ3v) is 5.90. The van der Waals surface area contributed by atoms with Gasteiger partial charge in [-0.15, -0.1) is 0 Å². The lowest BCUT2D eigenvalue weighted by molar-refractivity contribution is -0.137. The predicted octanol–water partition coefficient (Wildman–Crippen LogP) is 3.34. The van der Waals surface area contributed by atoms with Gasteiger partial charge in [0.15, 0.2) is 0 Å². The SMILES string of the molecule is CC1CC(C)(C)CC2(C1)NC(=O)N(CC(=O)NCc1cc(Br)ccc1F)C2=O. The van der Waals surface area contributed by atoms with Crippen molar-refractivity contribution in [3.8, 4) is 0 Å². The predicted molar refractivity (Wildman–Crippen MR) is 106 cm³/mol. The van der Waals surface area contributed by atoms with Crippen molar-refractivity contribution in [2.45, 2.75) is 52.1 Å². The Morgan fingerprint density at radius 3 is 2.75 bits per heavy atom. The van der Waals surface area contributed by atoms with Gasteiger partial charge < -0.3 is 10.6 Å². The number of rotatable bonds is 4. The molecule has 1 aliphatic heterocycles. The molecule has 8 heteroatoms. The summed E-state index contributed by atoms with van der Waals surface area (Å²) in [5.41, 5.74) is -0.689. The molecule has 28 heavy (non-hydrogen) atoms. The number of hydrogen-bond donors (Lipinski definition) is 2. The van der Waals surface area contributed by atoms with E-state index in [1.165, 1.54) is 6.07 Å². The summed E-state index contributed by atoms with van der Waals surface area (Å²) in [7, 11) is 0. The molecule has 0 bridgehead atoms. The molecule has 0 aromatic heterocycles. The number of carbonyl (C=O) groups is 3. The Hall–Kier alpha value is -1.96. The van der Waals surface area contributed by atoms with Gasteiger partial charge in [-0.2, -0.15) is 0 Å². The number of halogens is 2. The van der Waals surface area contributed by atoms with Gasteiger partial charge in [0.05, 0.1) is 0 Å². The highest BCUT2D eigenvalue weighted by Gasteiger charge is 2.56. The first-order valence-corrected chi connectivity index (χ1v) is 10.2. The monoisotopic (exact) mass is 453 g/mol. The number of hydrogen-bond acceptors (Lipinski definition) is 3. The van der Waals surface area contributed by atoms with Gasteiger partial charge in [-0.25, -0.2) is 9.18 Å². The fourth-order valence-corrected chi connectivity index (χ4v) is 5.13. The van der Waals surface area contributed by atoms with E-state index in [1.807, 2.05) is 0 Å². The van der Waals surface area contributed by atoms with Crippen molar-refractivity contribution in [2.75, 3.05) is 6.54 Å². The number of amides is 4. The molecule has 1 aromatic rings. The molecule has 3 rings (SSSR count). The van der Waals surface area contributed by atoms with Crippen LogP contribution in [-0.2, 0) is 16.1 Å². The van der Waals surface area contributed by atoms with Crippen LogP contribution in [0, 0.1) is 17.2 Å². The van der Waals surface area contributed by atoms with E-state index in [2.05, 4.69) is 47.3 Å². The van der Waals surface area contributed by atoms with E-state index in [-0.39, 0.29) is 24.4 Å². The van der Waals surface area contributed by atoms with Crippen LogP contribution in [-0.4, -0.2) is 34.8 Å². The third kappa shape index (κ3) is 4.21. The van der Waals surface area contributed by atoms with Crippen LogP contribution >= 0.6 is 15.9 Å². The molecule has 0 radical (unpaired) electrons. The molecule has 1 heterocycles. The molecule has 2 aliphatic rings. The van der Waals surface area contributed by atoms with Crippen LogP contribution in [0.4, 0.5) is 9.18 Å². The van der Waals surface area contributed by atoms with Gasteiger partial charge in [-0.3, -0.25) is 14.5 Å². The molecule has 6 nitrogen and oxygen atoms in total. The van der Waals surface area contributed by atoms with Gasteiger partial charge in [0.1, 0.15) is 17.9 Å². The second kappa shape index (κ2) is 7.46. The summed E-state index contributed by atoms with van der Waals surface area (Å²) in [6, 6.07) is 3.90. The smallest absolute Gasteiger partial charge is 0.325 e. The minimum atomic E-state index is -0.936. The summed E-state index contributed by atoms with van der Waals surface area (Å²) in [6.07, 6.45) is 2.11. The van der Waals surface area contributed by atoms with Crippen molar-refractivity contribution in [3.63, 3.8) is 0 Å². The molecule has 152 valence electrons. The number of benzene rings is 1. The quantitative estimate of drug-likeness (QED) is 0.686. The Morgan fingerprint density at radius 2 is 2.07 bits per heavy atom. The molecule has 1 spiro atoms. The number of nitrogens with zero attached hydrogens (tertiary/aromatic N) is 1. The minimum absolute atomic E-state index is 0.0248. The van der Waals surface area contributed by atoms with Crippen LogP contribution in [0.5, 0.6) is 0 Å². The molecule has 2 fully saturated rings. The first-order valence-electron chi connectivity index (χ1n) is 9.36. The van der Waals surface area contributed by atoms with E-state index >= 15 is 0 Å². The zero-order chi connectivity index (χ0) is 20.7. The molecule has 2 unspecified atom stereocenters. The maximum absolute atomic E-state index is 13.8. The third-order valence-electron chi connectivity index (χ3n) is 5.41. The van der Waals surface area contributed by atoms with Gasteiger partial charge in [0, 0.05) is 16.6 Å². The molecule has 1 aromatic carbocycles. The number of carbonyl (C=O) groups excluding carboxylic acids is 3. The van der Waals surface area contributed by atoms with Gasteiger partial charge in [-0.1, -0.05) is 36.7 Å². The number of nitrogens with one attached hydrogen (secondary N) is 2. The van der Waals surface area contributed by atoms with Crippen LogP contribution in [0.15, 0.2) is 22.7 Å². The first-order chi connectivity index (χ1) is 13.0. The highest BCUT2D eigenvalue weighted by molar-refractivity contribution is 9.10. The van der Waals surface area contributed by atoms with E-state index in [0.29, 0.717) is 28.8 Å². The Morgan fingerprint density at radius 1 is 1.36 bits per heavy atom. The highest BCUT2D eigenvalue weighted by Crippen LogP contribution is 2.46. The lowest BCUT2D eigenvalue weighted by Gasteiger charge is -2.43. The van der Waals surface area contributed by atoms with Crippen LogP contribution in [0.3, 0.4) is 0 Å². The zero-order valence-corrected chi connectivity index (χ0v) is 17.9. The molecule has 1 saturated carbocycles. The molecule has 2 atom stereocenters. The summed E-state index contributed by atoms with van der Waals surface area (Å²) in [6.45, 7) is 5.85. The Labute approximate surface area is 172 Å². The van der Waals surface area contributed by atoms with Crippen LogP contribution in [0.25, 0.3) is 0 Å². The van der Waals surface area contributed by atoms with Crippen molar-refractivity contribution in [1.29, 1.82) is 0 Å². The van der Waals surface area contributed by atoms with E-state index in [4.69, 9.17) is 0 Å². The lowest BCUT2D eigenvalue weighted by Crippen LogP contribution is -2.54. The topological polar surface area (TPSA) is 78.5 Å². The number of imide groups is 1. The largest absolute Gasteiger partial charge is 0.350 e. The summed E-state index contributed by atoms with van der Waals surface area (Å²) >= 11 is 3.26. The van der Waals surface area contributed by atoms with E-state index < -0.39 is 23.3 Å². The summed E-state index contributed by atoms with van der Waals surface area (Å²) in [5.74, 6) is -0.999. The Balaban J connectivity index is 1.66. The van der Waals surface area contributed by atoms with Crippen LogP contribution < -0.4 is 10.6 Å². The highest BCUT2D eigenvalue weighted by atomic mass is 79.9. The molecule has 1 aliphatic carbocycles. The van der Waals surface area contributed by atoms with Crippen molar-refractivity contribution in [2.24, 2.45) is 11.3 Å². The average molecular weight is 454 g/mol. The minimum Gasteiger partial charge on any atom is -0.350 e. The summed E-state index contributed by atoms with van der Waals surface area (Å²) in [4.78, 5) is 38.7. The molecule has 1 saturated heterocycles. The second-order valence-corrected chi connectivity index (χ2v) is 9.69. The average Bonchev–Trinajstić information content (AvgIpc) is 2.77. The fraction of sp³-hybridized carbons (Fsp3) is 0.550. The van der Waals surface area contributed by atoms with Gasteiger partial charge in [-0.05, 0) is 48.8 Å². The standard InChI is InChI=1S/C20H25BrFN3O3/c1-12-7-19(2,3)11-20(8-12)17(27)25(18(28)24-20)10-16(26)23-9-13-6-14(21)4-5-15(13)22/h4-6,12H,7-11H2,1-3H3,(H,23,26)(H,24,28). The first kappa shape index (κ1) is 20.8. The van der Waals surface area contributed by atoms with Gasteiger partial charge in [0.2, 0.25) is 5.91 Å². The van der Waals surface area contributed by atoms with Gasteiger partial charge in [0.25, 0.3) is 5.91 Å². The fourth-order valence-electron chi connectivity index (χ4n) is 4.72. The van der Waals surface area contributed by atoms with Crippen molar-refractivity contribution >= 4 is 33.8 Å². The summed E-state index contributed by atoms with van der Waals surface area (Å²) in [5, 5.41) is 5.42. The Kier molecular flexibility index (Phi) is 5.53. The normalized spacial score (nSPS) is 26.5. The summed E-state index contributed by atoms with van der Waals surface area (Å²) < 4.78 is 14.5. The molecular weight excluding hydrogens is 429 g/mol. The van der Waals surface area contributed by atoms with E-state index in [1.54, 1.807) is 12.1 Å². The van der Waals surface area contributed by atoms with Gasteiger partial charge >= 0.3 is 6.03 Å². The van der Waals surface area contributed by atoms with E-state index in [9.17, 15) is 18.8 Å². The molecule has 4 amide bonds. The van der Waals surface area contributed by atoms with Crippen molar-refractivity contribution in [1.82, 2.24) is 15.5 Å². The van der Waals surface area contributed by atoms with Crippen molar-refractivity contribution in [3.05, 3.63) is 34.1 Å². The van der Waals surface area contributed by atoms with Crippen LogP contribution in [0.1, 0.15) is 45.6 Å². The Bertz CT molecular complexity index is 829. The number of urea groups is 1. The molecule has 2 N–H and O–H groups in total. The maximum atomic E-state index is 13.8.